The van der Waals surface area contributed by atoms with Crippen LogP contribution in [0.25, 0.3) is 22.2 Å². The van der Waals surface area contributed by atoms with Crippen LogP contribution < -0.4 is 5.32 Å². The van der Waals surface area contributed by atoms with E-state index in [2.05, 4.69) is 22.4 Å². The Balaban J connectivity index is 1.56. The molecule has 0 saturated heterocycles. The Morgan fingerprint density at radius 3 is 2.56 bits per heavy atom. The van der Waals surface area contributed by atoms with Crippen molar-refractivity contribution in [3.63, 3.8) is 0 Å². The first-order chi connectivity index (χ1) is 17.6. The highest BCUT2D eigenvalue weighted by molar-refractivity contribution is 5.92. The van der Waals surface area contributed by atoms with Gasteiger partial charge in [-0.05, 0) is 36.1 Å². The van der Waals surface area contributed by atoms with Gasteiger partial charge in [0.2, 0.25) is 5.91 Å². The van der Waals surface area contributed by atoms with Crippen LogP contribution in [0.15, 0.2) is 72.8 Å². The molecule has 0 unspecified atom stereocenters. The lowest BCUT2D eigenvalue weighted by Crippen LogP contribution is -2.43. The van der Waals surface area contributed by atoms with Crippen molar-refractivity contribution >= 4 is 22.9 Å². The first-order valence-corrected chi connectivity index (χ1v) is 12.2. The number of aryl methyl sites for hydroxylation is 2. The number of imidazole rings is 1. The van der Waals surface area contributed by atoms with Crippen molar-refractivity contribution in [2.45, 2.75) is 38.6 Å². The molecule has 1 amide bonds. The number of H-pyrrole nitrogens is 1. The molecule has 36 heavy (non-hydrogen) atoms. The summed E-state index contributed by atoms with van der Waals surface area (Å²) < 4.78 is 5.16. The number of ether oxygens (including phenoxy) is 1. The van der Waals surface area contributed by atoms with Crippen molar-refractivity contribution in [3.05, 3.63) is 89.7 Å². The second-order valence-electron chi connectivity index (χ2n) is 8.62. The third-order valence-corrected chi connectivity index (χ3v) is 5.98. The van der Waals surface area contributed by atoms with Crippen molar-refractivity contribution in [1.29, 1.82) is 0 Å². The van der Waals surface area contributed by atoms with E-state index in [4.69, 9.17) is 14.8 Å². The van der Waals surface area contributed by atoms with E-state index in [-0.39, 0.29) is 26.1 Å². The minimum atomic E-state index is -0.829. The molecule has 0 radical (unpaired) electrons. The molecule has 7 nitrogen and oxygen atoms in total. The first-order valence-electron chi connectivity index (χ1n) is 12.2. The van der Waals surface area contributed by atoms with Crippen LogP contribution in [0, 0.1) is 0 Å². The molecule has 7 heteroatoms. The summed E-state index contributed by atoms with van der Waals surface area (Å²) >= 11 is 0. The van der Waals surface area contributed by atoms with Gasteiger partial charge in [-0.3, -0.25) is 4.79 Å². The van der Waals surface area contributed by atoms with Gasteiger partial charge in [0.25, 0.3) is 0 Å². The van der Waals surface area contributed by atoms with Crippen LogP contribution in [-0.2, 0) is 33.6 Å². The van der Waals surface area contributed by atoms with Gasteiger partial charge < -0.3 is 20.1 Å². The summed E-state index contributed by atoms with van der Waals surface area (Å²) in [6, 6.07) is 23.5. The van der Waals surface area contributed by atoms with Gasteiger partial charge in [0.05, 0.1) is 24.2 Å². The Kier molecular flexibility index (Phi) is 8.47. The van der Waals surface area contributed by atoms with Crippen LogP contribution in [0.1, 0.15) is 30.3 Å². The minimum absolute atomic E-state index is 0.0658. The number of carbonyl (C=O) groups excluding carboxylic acids is 2. The Morgan fingerprint density at radius 2 is 1.78 bits per heavy atom. The van der Waals surface area contributed by atoms with Crippen LogP contribution in [0.3, 0.4) is 0 Å². The number of rotatable bonds is 11. The van der Waals surface area contributed by atoms with Gasteiger partial charge in [0, 0.05) is 24.8 Å². The fourth-order valence-electron chi connectivity index (χ4n) is 4.25. The standard InChI is InChI=1S/C29H31N3O4/c1-2-36-29(35)25(31-27(34)16-17-33)19-21-10-6-11-22(18-21)23-12-7-13-24-28(23)32-26(30-24)15-14-20-8-4-3-5-9-20/h3-13,18,25,33H,2,14-17,19H2,1H3,(H,30,32)(H,31,34)/t25-/m0/s1. The van der Waals surface area contributed by atoms with Crippen molar-refractivity contribution in [1.82, 2.24) is 15.3 Å². The zero-order chi connectivity index (χ0) is 25.3. The normalized spacial score (nSPS) is 11.8. The number of aliphatic hydroxyl groups is 1. The summed E-state index contributed by atoms with van der Waals surface area (Å²) in [5, 5.41) is 11.7. The van der Waals surface area contributed by atoms with E-state index < -0.39 is 17.9 Å². The van der Waals surface area contributed by atoms with Crippen LogP contribution in [0.4, 0.5) is 0 Å². The molecular formula is C29H31N3O4. The minimum Gasteiger partial charge on any atom is -0.464 e. The lowest BCUT2D eigenvalue weighted by atomic mass is 9.98. The second-order valence-corrected chi connectivity index (χ2v) is 8.62. The van der Waals surface area contributed by atoms with E-state index in [9.17, 15) is 9.59 Å². The highest BCUT2D eigenvalue weighted by Crippen LogP contribution is 2.28. The average molecular weight is 486 g/mol. The molecule has 1 heterocycles. The van der Waals surface area contributed by atoms with Crippen molar-refractivity contribution in [2.75, 3.05) is 13.2 Å². The SMILES string of the molecule is CCOC(=O)[C@H](Cc1cccc(-c2cccc3[nH]c(CCc4ccccc4)nc23)c1)NC(=O)CCO. The Hall–Kier alpha value is -3.97. The van der Waals surface area contributed by atoms with E-state index in [1.165, 1.54) is 5.56 Å². The number of nitrogens with zero attached hydrogens (tertiary/aromatic N) is 1. The van der Waals surface area contributed by atoms with Crippen LogP contribution >= 0.6 is 0 Å². The number of hydrogen-bond acceptors (Lipinski definition) is 5. The largest absolute Gasteiger partial charge is 0.464 e. The third-order valence-electron chi connectivity index (χ3n) is 5.98. The number of esters is 1. The van der Waals surface area contributed by atoms with Crippen LogP contribution in [0.2, 0.25) is 0 Å². The average Bonchev–Trinajstić information content (AvgIpc) is 3.31. The number of aromatic nitrogens is 2. The molecule has 4 aromatic rings. The number of amides is 1. The Labute approximate surface area is 210 Å². The van der Waals surface area contributed by atoms with Gasteiger partial charge in [0.15, 0.2) is 0 Å². The van der Waals surface area contributed by atoms with Gasteiger partial charge in [-0.25, -0.2) is 9.78 Å². The smallest absolute Gasteiger partial charge is 0.328 e. The molecule has 0 aliphatic heterocycles. The van der Waals surface area contributed by atoms with Gasteiger partial charge in [0.1, 0.15) is 11.9 Å². The van der Waals surface area contributed by atoms with Crippen molar-refractivity contribution in [2.24, 2.45) is 0 Å². The summed E-state index contributed by atoms with van der Waals surface area (Å²) in [6.07, 6.45) is 1.93. The second kappa shape index (κ2) is 12.1. The highest BCUT2D eigenvalue weighted by Gasteiger charge is 2.22. The van der Waals surface area contributed by atoms with Crippen molar-refractivity contribution in [3.8, 4) is 11.1 Å². The zero-order valence-electron chi connectivity index (χ0n) is 20.4. The molecule has 0 fully saturated rings. The zero-order valence-corrected chi connectivity index (χ0v) is 20.4. The number of benzene rings is 3. The topological polar surface area (TPSA) is 104 Å². The summed E-state index contributed by atoms with van der Waals surface area (Å²) in [6.45, 7) is 1.67. The number of aliphatic hydroxyl groups excluding tert-OH is 1. The predicted molar refractivity (Wildman–Crippen MR) is 139 cm³/mol. The molecule has 0 aliphatic rings. The summed E-state index contributed by atoms with van der Waals surface area (Å²) in [7, 11) is 0. The molecule has 1 aromatic heterocycles. The number of hydrogen-bond donors (Lipinski definition) is 3. The summed E-state index contributed by atoms with van der Waals surface area (Å²) in [5.74, 6) is 0.0501. The Morgan fingerprint density at radius 1 is 1.00 bits per heavy atom. The predicted octanol–water partition coefficient (Wildman–Crippen LogP) is 3.99. The quantitative estimate of drug-likeness (QED) is 0.279. The molecule has 0 aliphatic carbocycles. The third kappa shape index (κ3) is 6.37. The number of fused-ring (bicyclic) bond motifs is 1. The van der Waals surface area contributed by atoms with E-state index in [1.807, 2.05) is 60.7 Å². The molecule has 4 rings (SSSR count). The molecule has 0 saturated carbocycles. The lowest BCUT2D eigenvalue weighted by molar-refractivity contribution is -0.147. The molecule has 1 atom stereocenters. The number of aromatic amines is 1. The van der Waals surface area contributed by atoms with E-state index >= 15 is 0 Å². The number of para-hydroxylation sites is 1. The fourth-order valence-corrected chi connectivity index (χ4v) is 4.25. The van der Waals surface area contributed by atoms with Gasteiger partial charge in [-0.15, -0.1) is 0 Å². The summed E-state index contributed by atoms with van der Waals surface area (Å²) in [4.78, 5) is 32.9. The van der Waals surface area contributed by atoms with Gasteiger partial charge in [-0.1, -0.05) is 66.7 Å². The van der Waals surface area contributed by atoms with E-state index in [0.29, 0.717) is 0 Å². The van der Waals surface area contributed by atoms with Gasteiger partial charge >= 0.3 is 5.97 Å². The number of carbonyl (C=O) groups is 2. The monoisotopic (exact) mass is 485 g/mol. The molecule has 0 bridgehead atoms. The molecule has 3 N–H and O–H groups in total. The lowest BCUT2D eigenvalue weighted by Gasteiger charge is -2.17. The Bertz CT molecular complexity index is 1320. The van der Waals surface area contributed by atoms with E-state index in [0.717, 1.165) is 46.4 Å². The maximum absolute atomic E-state index is 12.5. The highest BCUT2D eigenvalue weighted by atomic mass is 16.5. The number of nitrogens with one attached hydrogen (secondary N) is 2. The maximum Gasteiger partial charge on any atom is 0.328 e. The van der Waals surface area contributed by atoms with E-state index in [1.54, 1.807) is 6.92 Å². The maximum atomic E-state index is 12.5. The first kappa shape index (κ1) is 25.1. The van der Waals surface area contributed by atoms with Gasteiger partial charge in [-0.2, -0.15) is 0 Å². The molecule has 3 aromatic carbocycles. The van der Waals surface area contributed by atoms with Crippen LogP contribution in [0.5, 0.6) is 0 Å². The summed E-state index contributed by atoms with van der Waals surface area (Å²) in [5.41, 5.74) is 5.99. The molecule has 186 valence electrons. The fraction of sp³-hybridized carbons (Fsp3) is 0.276. The van der Waals surface area contributed by atoms with Crippen molar-refractivity contribution < 1.29 is 19.4 Å². The molecular weight excluding hydrogens is 454 g/mol. The molecule has 0 spiro atoms. The van der Waals surface area contributed by atoms with Crippen LogP contribution in [-0.4, -0.2) is 46.2 Å².